The normalized spacial score (nSPS) is 18.9. The van der Waals surface area contributed by atoms with Gasteiger partial charge in [-0.15, -0.1) is 0 Å². The average molecular weight is 260 g/mol. The second-order valence-corrected chi connectivity index (χ2v) is 5.58. The Kier molecular flexibility index (Phi) is 4.97. The lowest BCUT2D eigenvalue weighted by molar-refractivity contribution is -0.122. The Morgan fingerprint density at radius 2 is 2.21 bits per heavy atom. The van der Waals surface area contributed by atoms with Gasteiger partial charge < -0.3 is 11.1 Å². The molecule has 19 heavy (non-hydrogen) atoms. The highest BCUT2D eigenvalue weighted by Gasteiger charge is 2.23. The Hall–Kier alpha value is -1.35. The van der Waals surface area contributed by atoms with Crippen molar-refractivity contribution < 1.29 is 4.79 Å². The Labute approximate surface area is 115 Å². The number of rotatable bonds is 6. The van der Waals surface area contributed by atoms with Gasteiger partial charge in [0.1, 0.15) is 0 Å². The van der Waals surface area contributed by atoms with Gasteiger partial charge in [-0.05, 0) is 49.3 Å². The molecule has 3 heteroatoms. The number of fused-ring (bicyclic) bond motifs is 1. The molecule has 0 saturated carbocycles. The number of nitrogens with one attached hydrogen (secondary N) is 1. The molecule has 104 valence electrons. The van der Waals surface area contributed by atoms with Gasteiger partial charge in [0, 0.05) is 6.42 Å². The predicted molar refractivity (Wildman–Crippen MR) is 77.7 cm³/mol. The van der Waals surface area contributed by atoms with E-state index >= 15 is 0 Å². The monoisotopic (exact) mass is 260 g/mol. The molecule has 1 aliphatic carbocycles. The van der Waals surface area contributed by atoms with E-state index in [0.29, 0.717) is 18.9 Å². The number of nitrogens with two attached hydrogens (primary N) is 1. The van der Waals surface area contributed by atoms with Crippen LogP contribution in [0.3, 0.4) is 0 Å². The summed E-state index contributed by atoms with van der Waals surface area (Å²) in [4.78, 5) is 12.0. The Morgan fingerprint density at radius 1 is 1.42 bits per heavy atom. The van der Waals surface area contributed by atoms with Gasteiger partial charge in [0.25, 0.3) is 0 Å². The summed E-state index contributed by atoms with van der Waals surface area (Å²) in [5, 5.41) is 3.16. The van der Waals surface area contributed by atoms with Gasteiger partial charge in [-0.1, -0.05) is 31.2 Å². The SMILES string of the molecule is CC(CCN)CCC(=O)NC1CCc2ccccc21. The number of benzene rings is 1. The fourth-order valence-corrected chi connectivity index (χ4v) is 2.78. The molecular weight excluding hydrogens is 236 g/mol. The topological polar surface area (TPSA) is 55.1 Å². The summed E-state index contributed by atoms with van der Waals surface area (Å²) in [6.07, 6.45) is 4.64. The summed E-state index contributed by atoms with van der Waals surface area (Å²) >= 11 is 0. The number of amides is 1. The van der Waals surface area contributed by atoms with Gasteiger partial charge in [0.2, 0.25) is 5.91 Å². The maximum atomic E-state index is 12.0. The second-order valence-electron chi connectivity index (χ2n) is 5.58. The summed E-state index contributed by atoms with van der Waals surface area (Å²) < 4.78 is 0. The van der Waals surface area contributed by atoms with Crippen molar-refractivity contribution in [2.45, 2.75) is 45.1 Å². The number of carbonyl (C=O) groups excluding carboxylic acids is 1. The van der Waals surface area contributed by atoms with Gasteiger partial charge in [-0.2, -0.15) is 0 Å². The summed E-state index contributed by atoms with van der Waals surface area (Å²) in [7, 11) is 0. The zero-order chi connectivity index (χ0) is 13.7. The molecule has 0 radical (unpaired) electrons. The van der Waals surface area contributed by atoms with Crippen LogP contribution in [0.2, 0.25) is 0 Å². The van der Waals surface area contributed by atoms with Crippen LogP contribution in [-0.4, -0.2) is 12.5 Å². The summed E-state index contributed by atoms with van der Waals surface area (Å²) in [5.41, 5.74) is 8.20. The molecule has 0 fully saturated rings. The highest BCUT2D eigenvalue weighted by atomic mass is 16.1. The second kappa shape index (κ2) is 6.71. The third-order valence-electron chi connectivity index (χ3n) is 3.99. The van der Waals surface area contributed by atoms with E-state index in [0.717, 1.165) is 25.7 Å². The summed E-state index contributed by atoms with van der Waals surface area (Å²) in [6, 6.07) is 8.62. The van der Waals surface area contributed by atoms with Crippen LogP contribution in [-0.2, 0) is 11.2 Å². The Morgan fingerprint density at radius 3 is 3.00 bits per heavy atom. The molecule has 0 saturated heterocycles. The van der Waals surface area contributed by atoms with Crippen molar-refractivity contribution in [1.29, 1.82) is 0 Å². The quantitative estimate of drug-likeness (QED) is 0.826. The maximum absolute atomic E-state index is 12.0. The van der Waals surface area contributed by atoms with E-state index in [1.807, 2.05) is 6.07 Å². The molecule has 1 aromatic carbocycles. The molecular formula is C16H24N2O. The summed E-state index contributed by atoms with van der Waals surface area (Å²) in [5.74, 6) is 0.706. The molecule has 1 amide bonds. The van der Waals surface area contributed by atoms with Crippen LogP contribution >= 0.6 is 0 Å². The molecule has 0 aromatic heterocycles. The van der Waals surface area contributed by atoms with E-state index in [4.69, 9.17) is 5.73 Å². The molecule has 0 heterocycles. The zero-order valence-electron chi connectivity index (χ0n) is 11.7. The van der Waals surface area contributed by atoms with Crippen molar-refractivity contribution in [2.24, 2.45) is 11.7 Å². The Bertz CT molecular complexity index is 431. The van der Waals surface area contributed by atoms with Crippen molar-refractivity contribution in [3.8, 4) is 0 Å². The third-order valence-corrected chi connectivity index (χ3v) is 3.99. The molecule has 1 aromatic rings. The van der Waals surface area contributed by atoms with Crippen molar-refractivity contribution in [3.05, 3.63) is 35.4 Å². The van der Waals surface area contributed by atoms with Crippen LogP contribution in [0.1, 0.15) is 49.8 Å². The lowest BCUT2D eigenvalue weighted by atomic mass is 10.0. The average Bonchev–Trinajstić information content (AvgIpc) is 2.80. The van der Waals surface area contributed by atoms with Crippen LogP contribution in [0.15, 0.2) is 24.3 Å². The molecule has 0 spiro atoms. The highest BCUT2D eigenvalue weighted by Crippen LogP contribution is 2.30. The fourth-order valence-electron chi connectivity index (χ4n) is 2.78. The minimum atomic E-state index is 0.172. The fraction of sp³-hybridized carbons (Fsp3) is 0.562. The van der Waals surface area contributed by atoms with Gasteiger partial charge in [-0.25, -0.2) is 0 Å². The molecule has 1 aliphatic rings. The van der Waals surface area contributed by atoms with Crippen molar-refractivity contribution >= 4 is 5.91 Å². The van der Waals surface area contributed by atoms with E-state index in [-0.39, 0.29) is 11.9 Å². The van der Waals surface area contributed by atoms with Crippen LogP contribution in [0.5, 0.6) is 0 Å². The van der Waals surface area contributed by atoms with E-state index < -0.39 is 0 Å². The van der Waals surface area contributed by atoms with Gasteiger partial charge in [0.15, 0.2) is 0 Å². The van der Waals surface area contributed by atoms with Crippen LogP contribution in [0.25, 0.3) is 0 Å². The zero-order valence-corrected chi connectivity index (χ0v) is 11.7. The van der Waals surface area contributed by atoms with E-state index in [9.17, 15) is 4.79 Å². The minimum absolute atomic E-state index is 0.172. The number of carbonyl (C=O) groups is 1. The predicted octanol–water partition coefficient (Wildman–Crippen LogP) is 2.56. The van der Waals surface area contributed by atoms with Crippen LogP contribution < -0.4 is 11.1 Å². The maximum Gasteiger partial charge on any atom is 0.220 e. The molecule has 2 rings (SSSR count). The van der Waals surface area contributed by atoms with Crippen molar-refractivity contribution in [3.63, 3.8) is 0 Å². The van der Waals surface area contributed by atoms with Gasteiger partial charge >= 0.3 is 0 Å². The lowest BCUT2D eigenvalue weighted by Gasteiger charge is -2.15. The minimum Gasteiger partial charge on any atom is -0.349 e. The molecule has 3 N–H and O–H groups in total. The van der Waals surface area contributed by atoms with Crippen molar-refractivity contribution in [2.75, 3.05) is 6.54 Å². The number of hydrogen-bond acceptors (Lipinski definition) is 2. The molecule has 2 unspecified atom stereocenters. The van der Waals surface area contributed by atoms with E-state index in [1.165, 1.54) is 11.1 Å². The Balaban J connectivity index is 1.81. The van der Waals surface area contributed by atoms with Crippen LogP contribution in [0, 0.1) is 5.92 Å². The summed E-state index contributed by atoms with van der Waals surface area (Å²) in [6.45, 7) is 2.86. The van der Waals surface area contributed by atoms with Crippen LogP contribution in [0.4, 0.5) is 0 Å². The molecule has 3 nitrogen and oxygen atoms in total. The molecule has 0 bridgehead atoms. The third kappa shape index (κ3) is 3.80. The van der Waals surface area contributed by atoms with Gasteiger partial charge in [-0.3, -0.25) is 4.79 Å². The molecule has 2 atom stereocenters. The standard InChI is InChI=1S/C16H24N2O/c1-12(10-11-17)6-9-16(19)18-15-8-7-13-4-2-3-5-14(13)15/h2-5,12,15H,6-11,17H2,1H3,(H,18,19). The van der Waals surface area contributed by atoms with E-state index in [1.54, 1.807) is 0 Å². The van der Waals surface area contributed by atoms with Gasteiger partial charge in [0.05, 0.1) is 6.04 Å². The first kappa shape index (κ1) is 14.1. The first-order chi connectivity index (χ1) is 9.20. The lowest BCUT2D eigenvalue weighted by Crippen LogP contribution is -2.27. The van der Waals surface area contributed by atoms with E-state index in [2.05, 4.69) is 30.4 Å². The number of aryl methyl sites for hydroxylation is 1. The number of hydrogen-bond donors (Lipinski definition) is 2. The smallest absolute Gasteiger partial charge is 0.220 e. The largest absolute Gasteiger partial charge is 0.349 e. The first-order valence-electron chi connectivity index (χ1n) is 7.28. The first-order valence-corrected chi connectivity index (χ1v) is 7.28. The molecule has 0 aliphatic heterocycles. The van der Waals surface area contributed by atoms with Crippen molar-refractivity contribution in [1.82, 2.24) is 5.32 Å². The highest BCUT2D eigenvalue weighted by molar-refractivity contribution is 5.76.